The Morgan fingerprint density at radius 3 is 2.64 bits per heavy atom. The molecule has 0 saturated carbocycles. The first kappa shape index (κ1) is 19.7. The minimum Gasteiger partial charge on any atom is -0.493 e. The summed E-state index contributed by atoms with van der Waals surface area (Å²) in [6.07, 6.45) is 4.15. The lowest BCUT2D eigenvalue weighted by Crippen LogP contribution is -2.05. The van der Waals surface area contributed by atoms with Crippen LogP contribution in [0.1, 0.15) is 23.6 Å². The summed E-state index contributed by atoms with van der Waals surface area (Å²) in [5, 5.41) is 0.360. The van der Waals surface area contributed by atoms with Gasteiger partial charge in [0.25, 0.3) is 0 Å². The highest BCUT2D eigenvalue weighted by Crippen LogP contribution is 2.37. The first-order valence-electron chi connectivity index (χ1n) is 8.78. The number of nitrogens with zero attached hydrogens (tertiary/aromatic N) is 1. The Bertz CT molecular complexity index is 961. The van der Waals surface area contributed by atoms with Crippen LogP contribution in [0.2, 0.25) is 5.02 Å². The molecule has 2 aromatic rings. The van der Waals surface area contributed by atoms with Crippen molar-refractivity contribution in [1.29, 1.82) is 0 Å². The number of esters is 1. The van der Waals surface area contributed by atoms with Crippen molar-refractivity contribution >= 4 is 29.5 Å². The van der Waals surface area contributed by atoms with Crippen LogP contribution in [0.15, 0.2) is 59.7 Å². The standard InChI is InChI=1S/C22H20ClNO4/c1-4-10-27-20-17(23)11-15(13-19(20)26-3)12-18-22(25)28-21(24-18)16-8-6-14(5-2)7-9-16/h4,6-9,11-13H,1,5,10H2,2-3H3. The molecular weight excluding hydrogens is 378 g/mol. The van der Waals surface area contributed by atoms with E-state index in [-0.39, 0.29) is 11.6 Å². The molecule has 2 aromatic carbocycles. The molecule has 1 heterocycles. The van der Waals surface area contributed by atoms with Gasteiger partial charge < -0.3 is 14.2 Å². The summed E-state index contributed by atoms with van der Waals surface area (Å²) in [6.45, 7) is 5.99. The lowest BCUT2D eigenvalue weighted by Gasteiger charge is -2.12. The fourth-order valence-corrected chi connectivity index (χ4v) is 2.95. The predicted octanol–water partition coefficient (Wildman–Crippen LogP) is 4.82. The van der Waals surface area contributed by atoms with Crippen LogP contribution < -0.4 is 9.47 Å². The van der Waals surface area contributed by atoms with E-state index < -0.39 is 5.97 Å². The zero-order valence-corrected chi connectivity index (χ0v) is 16.5. The molecule has 0 fully saturated rings. The summed E-state index contributed by atoms with van der Waals surface area (Å²) < 4.78 is 16.2. The highest BCUT2D eigenvalue weighted by Gasteiger charge is 2.24. The second-order valence-corrected chi connectivity index (χ2v) is 6.43. The summed E-state index contributed by atoms with van der Waals surface area (Å²) in [4.78, 5) is 16.6. The number of ether oxygens (including phenoxy) is 3. The molecule has 0 spiro atoms. The number of aliphatic imine (C=N–C) groups is 1. The Morgan fingerprint density at radius 1 is 1.25 bits per heavy atom. The molecular formula is C22H20ClNO4. The molecule has 0 radical (unpaired) electrons. The third kappa shape index (κ3) is 4.26. The molecule has 1 aliphatic heterocycles. The zero-order chi connectivity index (χ0) is 20.1. The van der Waals surface area contributed by atoms with Crippen molar-refractivity contribution in [3.05, 3.63) is 76.5 Å². The van der Waals surface area contributed by atoms with Crippen LogP contribution in [0.4, 0.5) is 0 Å². The van der Waals surface area contributed by atoms with Crippen LogP contribution >= 0.6 is 11.6 Å². The third-order valence-corrected chi connectivity index (χ3v) is 4.41. The SMILES string of the molecule is C=CCOc1c(Cl)cc(C=C2N=C(c3ccc(CC)cc3)OC2=O)cc1OC. The van der Waals surface area contributed by atoms with Crippen molar-refractivity contribution in [2.24, 2.45) is 4.99 Å². The summed E-state index contributed by atoms with van der Waals surface area (Å²) in [5.41, 5.74) is 2.78. The quantitative estimate of drug-likeness (QED) is 0.382. The summed E-state index contributed by atoms with van der Waals surface area (Å²) >= 11 is 6.30. The Kier molecular flexibility index (Phi) is 6.16. The van der Waals surface area contributed by atoms with Crippen LogP contribution in [0.25, 0.3) is 6.08 Å². The van der Waals surface area contributed by atoms with Gasteiger partial charge in [-0.25, -0.2) is 9.79 Å². The van der Waals surface area contributed by atoms with Gasteiger partial charge in [-0.15, -0.1) is 0 Å². The second kappa shape index (κ2) is 8.76. The van der Waals surface area contributed by atoms with E-state index in [9.17, 15) is 4.79 Å². The largest absolute Gasteiger partial charge is 0.493 e. The van der Waals surface area contributed by atoms with Gasteiger partial charge in [-0.05, 0) is 47.9 Å². The van der Waals surface area contributed by atoms with Gasteiger partial charge in [0.15, 0.2) is 17.2 Å². The van der Waals surface area contributed by atoms with E-state index in [1.54, 1.807) is 24.3 Å². The molecule has 3 rings (SSSR count). The molecule has 28 heavy (non-hydrogen) atoms. The third-order valence-electron chi connectivity index (χ3n) is 4.13. The molecule has 0 aliphatic carbocycles. The van der Waals surface area contributed by atoms with E-state index in [0.717, 1.165) is 12.0 Å². The van der Waals surface area contributed by atoms with E-state index in [2.05, 4.69) is 18.5 Å². The maximum atomic E-state index is 12.2. The average Bonchev–Trinajstić information content (AvgIpc) is 3.07. The summed E-state index contributed by atoms with van der Waals surface area (Å²) in [5.74, 6) is 0.631. The molecule has 144 valence electrons. The van der Waals surface area contributed by atoms with Gasteiger partial charge in [-0.3, -0.25) is 0 Å². The molecule has 0 aromatic heterocycles. The van der Waals surface area contributed by atoms with Crippen molar-refractivity contribution in [3.63, 3.8) is 0 Å². The molecule has 0 N–H and O–H groups in total. The molecule has 0 atom stereocenters. The molecule has 0 unspecified atom stereocenters. The lowest BCUT2D eigenvalue weighted by molar-refractivity contribution is -0.129. The lowest BCUT2D eigenvalue weighted by atomic mass is 10.1. The number of methoxy groups -OCH3 is 1. The number of carbonyl (C=O) groups excluding carboxylic acids is 1. The zero-order valence-electron chi connectivity index (χ0n) is 15.7. The Labute approximate surface area is 168 Å². The van der Waals surface area contributed by atoms with Gasteiger partial charge >= 0.3 is 5.97 Å². The molecule has 6 heteroatoms. The number of rotatable bonds is 7. The molecule has 1 aliphatic rings. The predicted molar refractivity (Wildman–Crippen MR) is 110 cm³/mol. The van der Waals surface area contributed by atoms with Gasteiger partial charge in [0, 0.05) is 5.56 Å². The van der Waals surface area contributed by atoms with Crippen molar-refractivity contribution in [3.8, 4) is 11.5 Å². The fraction of sp³-hybridized carbons (Fsp3) is 0.182. The van der Waals surface area contributed by atoms with Crippen LogP contribution in [0.5, 0.6) is 11.5 Å². The van der Waals surface area contributed by atoms with Crippen LogP contribution in [-0.2, 0) is 16.0 Å². The number of hydrogen-bond acceptors (Lipinski definition) is 5. The minimum atomic E-state index is -0.517. The fourth-order valence-electron chi connectivity index (χ4n) is 2.68. The van der Waals surface area contributed by atoms with Crippen LogP contribution in [-0.4, -0.2) is 25.6 Å². The maximum Gasteiger partial charge on any atom is 0.363 e. The number of benzene rings is 2. The monoisotopic (exact) mass is 397 g/mol. The van der Waals surface area contributed by atoms with Gasteiger partial charge in [0.05, 0.1) is 12.1 Å². The first-order valence-corrected chi connectivity index (χ1v) is 9.16. The Balaban J connectivity index is 1.91. The number of hydrogen-bond donors (Lipinski definition) is 0. The van der Waals surface area contributed by atoms with Crippen molar-refractivity contribution < 1.29 is 19.0 Å². The Hall–Kier alpha value is -3.05. The van der Waals surface area contributed by atoms with Gasteiger partial charge in [-0.2, -0.15) is 0 Å². The number of carbonyl (C=O) groups is 1. The van der Waals surface area contributed by atoms with E-state index in [0.29, 0.717) is 28.7 Å². The van der Waals surface area contributed by atoms with Gasteiger partial charge in [0.1, 0.15) is 6.61 Å². The molecule has 0 saturated heterocycles. The highest BCUT2D eigenvalue weighted by molar-refractivity contribution is 6.32. The van der Waals surface area contributed by atoms with Gasteiger partial charge in [-0.1, -0.05) is 43.3 Å². The number of aryl methyl sites for hydroxylation is 1. The molecule has 0 amide bonds. The topological polar surface area (TPSA) is 57.1 Å². The van der Waals surface area contributed by atoms with Crippen LogP contribution in [0, 0.1) is 0 Å². The number of cyclic esters (lactones) is 1. The normalized spacial score (nSPS) is 14.6. The van der Waals surface area contributed by atoms with E-state index >= 15 is 0 Å². The van der Waals surface area contributed by atoms with Gasteiger partial charge in [0.2, 0.25) is 5.90 Å². The summed E-state index contributed by atoms with van der Waals surface area (Å²) in [6, 6.07) is 11.1. The van der Waals surface area contributed by atoms with E-state index in [1.165, 1.54) is 12.7 Å². The highest BCUT2D eigenvalue weighted by atomic mass is 35.5. The van der Waals surface area contributed by atoms with Crippen LogP contribution in [0.3, 0.4) is 0 Å². The summed E-state index contributed by atoms with van der Waals surface area (Å²) in [7, 11) is 1.52. The second-order valence-electron chi connectivity index (χ2n) is 6.02. The molecule has 0 bridgehead atoms. The van der Waals surface area contributed by atoms with E-state index in [1.807, 2.05) is 24.3 Å². The first-order chi connectivity index (χ1) is 13.5. The number of halogens is 1. The van der Waals surface area contributed by atoms with Crippen molar-refractivity contribution in [2.45, 2.75) is 13.3 Å². The minimum absolute atomic E-state index is 0.187. The van der Waals surface area contributed by atoms with E-state index in [4.69, 9.17) is 25.8 Å². The average molecular weight is 398 g/mol. The molecule has 5 nitrogen and oxygen atoms in total. The van der Waals surface area contributed by atoms with Crippen molar-refractivity contribution in [1.82, 2.24) is 0 Å². The smallest absolute Gasteiger partial charge is 0.363 e. The maximum absolute atomic E-state index is 12.2. The van der Waals surface area contributed by atoms with Crippen molar-refractivity contribution in [2.75, 3.05) is 13.7 Å². The Morgan fingerprint density at radius 2 is 2.00 bits per heavy atom.